The molecule has 0 aromatic heterocycles. The number of hydrogen-bond acceptors (Lipinski definition) is 1. The van der Waals surface area contributed by atoms with E-state index in [-0.39, 0.29) is 0 Å². The minimum absolute atomic E-state index is 0.617. The molecule has 0 aliphatic heterocycles. The Morgan fingerprint density at radius 1 is 0.913 bits per heavy atom. The Balaban J connectivity index is 2.31. The summed E-state index contributed by atoms with van der Waals surface area (Å²) in [6.07, 6.45) is 0. The Labute approximate surface area is 150 Å². The second-order valence-electron chi connectivity index (χ2n) is 7.41. The van der Waals surface area contributed by atoms with Crippen LogP contribution in [0.3, 0.4) is 0 Å². The molecule has 0 spiro atoms. The first kappa shape index (κ1) is 18.7. The monoisotopic (exact) mass is 392 g/mol. The lowest BCUT2D eigenvalue weighted by Crippen LogP contribution is -2.47. The zero-order valence-electron chi connectivity index (χ0n) is 15.2. The van der Waals surface area contributed by atoms with Gasteiger partial charge in [0.25, 0.3) is 0 Å². The van der Waals surface area contributed by atoms with E-state index in [1.165, 1.54) is 16.3 Å². The van der Waals surface area contributed by atoms with Crippen molar-refractivity contribution >= 4 is 35.0 Å². The van der Waals surface area contributed by atoms with Crippen molar-refractivity contribution in [3.63, 3.8) is 0 Å². The quantitative estimate of drug-likeness (QED) is 0.468. The first-order valence-electron chi connectivity index (χ1n) is 8.60. The second-order valence-corrected chi connectivity index (χ2v) is 13.7. The number of benzene rings is 2. The molecule has 0 bridgehead atoms. The van der Waals surface area contributed by atoms with Crippen molar-refractivity contribution in [2.24, 2.45) is 0 Å². The molecule has 0 atom stereocenters. The van der Waals surface area contributed by atoms with Gasteiger partial charge in [0.15, 0.2) is 0 Å². The lowest BCUT2D eigenvalue weighted by molar-refractivity contribution is 0.266. The first-order chi connectivity index (χ1) is 10.8. The highest BCUT2D eigenvalue weighted by Gasteiger charge is 2.44. The highest BCUT2D eigenvalue weighted by atomic mass is 79.9. The topological polar surface area (TPSA) is 9.23 Å². The van der Waals surface area contributed by atoms with Crippen LogP contribution < -0.4 is 0 Å². The third-order valence-electron chi connectivity index (χ3n) is 5.07. The maximum Gasteiger partial charge on any atom is 0.200 e. The fraction of sp³-hybridized carbons (Fsp3) is 0.500. The third-order valence-corrected chi connectivity index (χ3v) is 11.8. The predicted octanol–water partition coefficient (Wildman–Crippen LogP) is 7.29. The van der Waals surface area contributed by atoms with Gasteiger partial charge in [-0.2, -0.15) is 0 Å². The maximum atomic E-state index is 6.72. The Bertz CT molecular complexity index is 642. The standard InChI is InChI=1S/C20H29BrOSi/c1-14(2)23(15(3)4,16(5)6)22-13-17-11-18-9-7-8-10-19(18)20(21)12-17/h7-12,14-16H,13H2,1-6H3. The molecule has 0 N–H and O–H groups in total. The van der Waals surface area contributed by atoms with E-state index in [0.29, 0.717) is 23.2 Å². The molecule has 0 unspecified atom stereocenters. The van der Waals surface area contributed by atoms with Crippen LogP contribution in [0.4, 0.5) is 0 Å². The van der Waals surface area contributed by atoms with Crippen molar-refractivity contribution in [2.45, 2.75) is 64.8 Å². The SMILES string of the molecule is CC(C)[Si](OCc1cc(Br)c2ccccc2c1)(C(C)C)C(C)C. The van der Waals surface area contributed by atoms with E-state index in [9.17, 15) is 0 Å². The van der Waals surface area contributed by atoms with Crippen LogP contribution in [0, 0.1) is 0 Å². The lowest BCUT2D eigenvalue weighted by atomic mass is 10.1. The summed E-state index contributed by atoms with van der Waals surface area (Å²) in [5.41, 5.74) is 3.11. The Morgan fingerprint density at radius 2 is 1.48 bits per heavy atom. The molecular formula is C20H29BrOSi. The van der Waals surface area contributed by atoms with Crippen LogP contribution in [0.2, 0.25) is 16.6 Å². The van der Waals surface area contributed by atoms with Crippen LogP contribution in [-0.2, 0) is 11.0 Å². The van der Waals surface area contributed by atoms with E-state index in [4.69, 9.17) is 4.43 Å². The number of rotatable bonds is 6. The number of halogens is 1. The van der Waals surface area contributed by atoms with Crippen molar-refractivity contribution in [3.8, 4) is 0 Å². The van der Waals surface area contributed by atoms with Gasteiger partial charge in [0, 0.05) is 4.47 Å². The summed E-state index contributed by atoms with van der Waals surface area (Å²) >= 11 is 3.71. The molecule has 0 heterocycles. The Morgan fingerprint density at radius 3 is 2.04 bits per heavy atom. The van der Waals surface area contributed by atoms with E-state index < -0.39 is 8.32 Å². The molecule has 0 saturated carbocycles. The fourth-order valence-corrected chi connectivity index (χ4v) is 10.2. The summed E-state index contributed by atoms with van der Waals surface area (Å²) in [7, 11) is -1.81. The molecule has 2 aromatic carbocycles. The van der Waals surface area contributed by atoms with Crippen molar-refractivity contribution < 1.29 is 4.43 Å². The van der Waals surface area contributed by atoms with E-state index in [2.05, 4.69) is 93.9 Å². The van der Waals surface area contributed by atoms with Gasteiger partial charge in [-0.15, -0.1) is 0 Å². The van der Waals surface area contributed by atoms with Crippen LogP contribution >= 0.6 is 15.9 Å². The average molecular weight is 393 g/mol. The van der Waals surface area contributed by atoms with Crippen molar-refractivity contribution in [1.82, 2.24) is 0 Å². The molecule has 0 fully saturated rings. The van der Waals surface area contributed by atoms with Crippen molar-refractivity contribution in [1.29, 1.82) is 0 Å². The number of fused-ring (bicyclic) bond motifs is 1. The van der Waals surface area contributed by atoms with Crippen LogP contribution in [0.5, 0.6) is 0 Å². The molecule has 2 aromatic rings. The lowest BCUT2D eigenvalue weighted by Gasteiger charge is -2.42. The van der Waals surface area contributed by atoms with Crippen LogP contribution in [0.15, 0.2) is 40.9 Å². The Hall–Kier alpha value is -0.643. The van der Waals surface area contributed by atoms with Crippen LogP contribution in [0.1, 0.15) is 47.1 Å². The van der Waals surface area contributed by atoms with Gasteiger partial charge in [0.05, 0.1) is 6.61 Å². The average Bonchev–Trinajstić information content (AvgIpc) is 2.46. The van der Waals surface area contributed by atoms with E-state index in [0.717, 1.165) is 4.47 Å². The molecular weight excluding hydrogens is 364 g/mol. The summed E-state index contributed by atoms with van der Waals surface area (Å²) in [6.45, 7) is 14.7. The van der Waals surface area contributed by atoms with Crippen LogP contribution in [-0.4, -0.2) is 8.32 Å². The van der Waals surface area contributed by atoms with Gasteiger partial charge < -0.3 is 4.43 Å². The van der Waals surface area contributed by atoms with Gasteiger partial charge in [-0.1, -0.05) is 81.7 Å². The smallest absolute Gasteiger partial charge is 0.200 e. The Kier molecular flexibility index (Phi) is 6.09. The number of hydrogen-bond donors (Lipinski definition) is 0. The first-order valence-corrected chi connectivity index (χ1v) is 11.5. The normalized spacial score (nSPS) is 12.8. The van der Waals surface area contributed by atoms with Gasteiger partial charge in [-0.05, 0) is 45.1 Å². The minimum Gasteiger partial charge on any atom is -0.412 e. The van der Waals surface area contributed by atoms with Crippen molar-refractivity contribution in [2.75, 3.05) is 0 Å². The summed E-state index contributed by atoms with van der Waals surface area (Å²) in [5.74, 6) is 0. The summed E-state index contributed by atoms with van der Waals surface area (Å²) < 4.78 is 7.87. The zero-order chi connectivity index (χ0) is 17.2. The van der Waals surface area contributed by atoms with E-state index in [1.807, 2.05) is 0 Å². The highest BCUT2D eigenvalue weighted by molar-refractivity contribution is 9.10. The molecule has 0 aliphatic rings. The molecule has 0 saturated heterocycles. The molecule has 2 rings (SSSR count). The van der Waals surface area contributed by atoms with E-state index in [1.54, 1.807) is 0 Å². The van der Waals surface area contributed by atoms with Gasteiger partial charge in [0.2, 0.25) is 8.32 Å². The molecule has 0 amide bonds. The zero-order valence-corrected chi connectivity index (χ0v) is 17.8. The molecule has 1 nitrogen and oxygen atoms in total. The molecule has 0 radical (unpaired) electrons. The molecule has 3 heteroatoms. The van der Waals surface area contributed by atoms with Gasteiger partial charge in [-0.3, -0.25) is 0 Å². The third kappa shape index (κ3) is 3.72. The summed E-state index contributed by atoms with van der Waals surface area (Å²) in [6, 6.07) is 13.0. The van der Waals surface area contributed by atoms with Crippen LogP contribution in [0.25, 0.3) is 10.8 Å². The maximum absolute atomic E-state index is 6.72. The minimum atomic E-state index is -1.81. The summed E-state index contributed by atoms with van der Waals surface area (Å²) in [4.78, 5) is 0. The highest BCUT2D eigenvalue weighted by Crippen LogP contribution is 2.43. The van der Waals surface area contributed by atoms with Gasteiger partial charge in [-0.25, -0.2) is 0 Å². The fourth-order valence-electron chi connectivity index (χ4n) is 4.11. The van der Waals surface area contributed by atoms with Gasteiger partial charge in [0.1, 0.15) is 0 Å². The summed E-state index contributed by atoms with van der Waals surface area (Å²) in [5, 5.41) is 2.53. The van der Waals surface area contributed by atoms with Gasteiger partial charge >= 0.3 is 0 Å². The van der Waals surface area contributed by atoms with Crippen molar-refractivity contribution in [3.05, 3.63) is 46.4 Å². The molecule has 126 valence electrons. The second kappa shape index (κ2) is 7.50. The molecule has 23 heavy (non-hydrogen) atoms. The van der Waals surface area contributed by atoms with E-state index >= 15 is 0 Å². The largest absolute Gasteiger partial charge is 0.412 e. The predicted molar refractivity (Wildman–Crippen MR) is 107 cm³/mol. The molecule has 0 aliphatic carbocycles.